The summed E-state index contributed by atoms with van der Waals surface area (Å²) in [5.41, 5.74) is -3.14. The molecule has 3 rings (SSSR count). The Hall–Kier alpha value is -2.29. The summed E-state index contributed by atoms with van der Waals surface area (Å²) < 4.78 is 51.9. The van der Waals surface area contributed by atoms with E-state index in [0.29, 0.717) is 25.0 Å². The largest absolute Gasteiger partial charge is 0.493 e. The zero-order valence-electron chi connectivity index (χ0n) is 15.0. The Kier molecular flexibility index (Phi) is 5.07. The van der Waals surface area contributed by atoms with Crippen molar-refractivity contribution in [3.05, 3.63) is 24.3 Å². The van der Waals surface area contributed by atoms with Crippen molar-refractivity contribution in [2.45, 2.75) is 50.6 Å². The van der Waals surface area contributed by atoms with E-state index in [2.05, 4.69) is 5.10 Å². The lowest BCUT2D eigenvalue weighted by Gasteiger charge is -2.38. The molecular weight excluding hydrogens is 365 g/mol. The standard InChI is InChI=1S/C18H21F3N2O4/c1-11(27-15-10-6-5-9-14(15)26-2)16(24)23-17(25,18(19,20)21)12-7-3-4-8-13(12)22-23/h5-6,9-12,25H,3-4,7-8H2,1-2H3/t11-,12-,17-/m1/s1. The third-order valence-electron chi connectivity index (χ3n) is 4.96. The van der Waals surface area contributed by atoms with Gasteiger partial charge in [0.15, 0.2) is 17.6 Å². The first-order valence-corrected chi connectivity index (χ1v) is 8.70. The van der Waals surface area contributed by atoms with Gasteiger partial charge >= 0.3 is 6.18 Å². The van der Waals surface area contributed by atoms with Crippen LogP contribution in [0.4, 0.5) is 13.2 Å². The van der Waals surface area contributed by atoms with Crippen LogP contribution in [-0.4, -0.2) is 46.8 Å². The number of aliphatic hydroxyl groups is 1. The highest BCUT2D eigenvalue weighted by Crippen LogP contribution is 2.48. The van der Waals surface area contributed by atoms with Crippen LogP contribution in [0.1, 0.15) is 32.6 Å². The van der Waals surface area contributed by atoms with Crippen LogP contribution >= 0.6 is 0 Å². The first-order chi connectivity index (χ1) is 12.7. The van der Waals surface area contributed by atoms with Crippen LogP contribution < -0.4 is 9.47 Å². The number of rotatable bonds is 4. The second-order valence-electron chi connectivity index (χ2n) is 6.67. The number of carbonyl (C=O) groups excluding carboxylic acids is 1. The maximum Gasteiger partial charge on any atom is 0.439 e. The van der Waals surface area contributed by atoms with Crippen LogP contribution in [0.25, 0.3) is 0 Å². The van der Waals surface area contributed by atoms with Crippen molar-refractivity contribution in [3.63, 3.8) is 0 Å². The number of carbonyl (C=O) groups is 1. The number of hydrogen-bond acceptors (Lipinski definition) is 5. The SMILES string of the molecule is COc1ccccc1O[C@H](C)C(=O)N1N=C2CCCC[C@H]2[C@@]1(O)C(F)(F)F. The van der Waals surface area contributed by atoms with Crippen molar-refractivity contribution in [2.75, 3.05) is 7.11 Å². The highest BCUT2D eigenvalue weighted by atomic mass is 19.4. The number of para-hydroxylation sites is 2. The highest BCUT2D eigenvalue weighted by molar-refractivity contribution is 5.94. The summed E-state index contributed by atoms with van der Waals surface area (Å²) in [4.78, 5) is 12.7. The Morgan fingerprint density at radius 2 is 2.00 bits per heavy atom. The van der Waals surface area contributed by atoms with Crippen LogP contribution in [-0.2, 0) is 4.79 Å². The van der Waals surface area contributed by atoms with Gasteiger partial charge in [0.2, 0.25) is 0 Å². The summed E-state index contributed by atoms with van der Waals surface area (Å²) in [7, 11) is 1.41. The molecular formula is C18H21F3N2O4. The molecule has 1 amide bonds. The number of nitrogens with zero attached hydrogens (tertiary/aromatic N) is 2. The summed E-state index contributed by atoms with van der Waals surface area (Å²) in [5.74, 6) is -1.76. The number of methoxy groups -OCH3 is 1. The minimum absolute atomic E-state index is 0.125. The van der Waals surface area contributed by atoms with E-state index >= 15 is 0 Å². The monoisotopic (exact) mass is 386 g/mol. The van der Waals surface area contributed by atoms with Crippen molar-refractivity contribution in [2.24, 2.45) is 11.0 Å². The molecule has 0 saturated heterocycles. The normalized spacial score (nSPS) is 26.2. The fourth-order valence-electron chi connectivity index (χ4n) is 3.57. The topological polar surface area (TPSA) is 71.4 Å². The molecule has 1 aliphatic heterocycles. The fraction of sp³-hybridized carbons (Fsp3) is 0.556. The van der Waals surface area contributed by atoms with Crippen LogP contribution in [0.3, 0.4) is 0 Å². The number of halogens is 3. The van der Waals surface area contributed by atoms with Crippen molar-refractivity contribution in [3.8, 4) is 11.5 Å². The number of hydrogen-bond donors (Lipinski definition) is 1. The number of benzene rings is 1. The van der Waals surface area contributed by atoms with Crippen molar-refractivity contribution < 1.29 is 32.5 Å². The van der Waals surface area contributed by atoms with Crippen LogP contribution in [0.2, 0.25) is 0 Å². The zero-order chi connectivity index (χ0) is 19.8. The molecule has 9 heteroatoms. The highest BCUT2D eigenvalue weighted by Gasteiger charge is 2.68. The summed E-state index contributed by atoms with van der Waals surface area (Å²) in [6, 6.07) is 6.47. The van der Waals surface area contributed by atoms with E-state index in [4.69, 9.17) is 9.47 Å². The molecule has 27 heavy (non-hydrogen) atoms. The maximum atomic E-state index is 13.8. The number of hydrazone groups is 1. The molecule has 1 heterocycles. The summed E-state index contributed by atoms with van der Waals surface area (Å²) in [6.07, 6.45) is -4.68. The molecule has 148 valence electrons. The van der Waals surface area contributed by atoms with E-state index in [-0.39, 0.29) is 22.9 Å². The average Bonchev–Trinajstić information content (AvgIpc) is 2.95. The molecule has 0 aromatic heterocycles. The van der Waals surface area contributed by atoms with Gasteiger partial charge in [-0.1, -0.05) is 18.6 Å². The minimum Gasteiger partial charge on any atom is -0.493 e. The predicted molar refractivity (Wildman–Crippen MR) is 90.3 cm³/mol. The van der Waals surface area contributed by atoms with Gasteiger partial charge in [-0.25, -0.2) is 0 Å². The first-order valence-electron chi connectivity index (χ1n) is 8.70. The lowest BCUT2D eigenvalue weighted by molar-refractivity contribution is -0.318. The number of alkyl halides is 3. The Morgan fingerprint density at radius 1 is 1.33 bits per heavy atom. The third kappa shape index (κ3) is 3.24. The molecule has 1 N–H and O–H groups in total. The maximum absolute atomic E-state index is 13.8. The zero-order valence-corrected chi connectivity index (χ0v) is 15.0. The Bertz CT molecular complexity index is 752. The van der Waals surface area contributed by atoms with Crippen LogP contribution in [0, 0.1) is 5.92 Å². The summed E-state index contributed by atoms with van der Waals surface area (Å²) in [6.45, 7) is 1.31. The lowest BCUT2D eigenvalue weighted by atomic mass is 9.80. The fourth-order valence-corrected chi connectivity index (χ4v) is 3.57. The van der Waals surface area contributed by atoms with Crippen LogP contribution in [0.5, 0.6) is 11.5 Å². The molecule has 1 fully saturated rings. The van der Waals surface area contributed by atoms with E-state index in [0.717, 1.165) is 0 Å². The second-order valence-corrected chi connectivity index (χ2v) is 6.67. The Labute approximate surface area is 154 Å². The third-order valence-corrected chi connectivity index (χ3v) is 4.96. The summed E-state index contributed by atoms with van der Waals surface area (Å²) in [5, 5.41) is 14.6. The molecule has 1 aromatic carbocycles. The molecule has 0 spiro atoms. The molecule has 6 nitrogen and oxygen atoms in total. The number of ether oxygens (including phenoxy) is 2. The molecule has 0 radical (unpaired) electrons. The lowest BCUT2D eigenvalue weighted by Crippen LogP contribution is -2.62. The van der Waals surface area contributed by atoms with Gasteiger partial charge in [0, 0.05) is 5.71 Å². The van der Waals surface area contributed by atoms with Crippen molar-refractivity contribution in [1.82, 2.24) is 5.01 Å². The van der Waals surface area contributed by atoms with Gasteiger partial charge in [-0.15, -0.1) is 0 Å². The molecule has 1 aliphatic carbocycles. The molecule has 1 aromatic rings. The molecule has 1 saturated carbocycles. The Morgan fingerprint density at radius 3 is 2.63 bits per heavy atom. The van der Waals surface area contributed by atoms with Crippen molar-refractivity contribution >= 4 is 11.6 Å². The second kappa shape index (κ2) is 7.03. The van der Waals surface area contributed by atoms with Gasteiger partial charge < -0.3 is 14.6 Å². The van der Waals surface area contributed by atoms with E-state index in [9.17, 15) is 23.1 Å². The average molecular weight is 386 g/mol. The van der Waals surface area contributed by atoms with Crippen LogP contribution in [0.15, 0.2) is 29.4 Å². The summed E-state index contributed by atoms with van der Waals surface area (Å²) >= 11 is 0. The van der Waals surface area contributed by atoms with Gasteiger partial charge in [0.05, 0.1) is 13.0 Å². The smallest absolute Gasteiger partial charge is 0.439 e. The van der Waals surface area contributed by atoms with E-state index < -0.39 is 29.8 Å². The van der Waals surface area contributed by atoms with Gasteiger partial charge in [-0.05, 0) is 38.3 Å². The molecule has 3 atom stereocenters. The predicted octanol–water partition coefficient (Wildman–Crippen LogP) is 3.10. The number of fused-ring (bicyclic) bond motifs is 1. The van der Waals surface area contributed by atoms with Gasteiger partial charge in [0.1, 0.15) is 0 Å². The molecule has 0 bridgehead atoms. The Balaban J connectivity index is 1.88. The van der Waals surface area contributed by atoms with Gasteiger partial charge in [-0.3, -0.25) is 4.79 Å². The van der Waals surface area contributed by atoms with E-state index in [1.165, 1.54) is 20.1 Å². The minimum atomic E-state index is -5.04. The molecule has 2 aliphatic rings. The first kappa shape index (κ1) is 19.5. The van der Waals surface area contributed by atoms with Crippen molar-refractivity contribution in [1.29, 1.82) is 0 Å². The van der Waals surface area contributed by atoms with E-state index in [1.54, 1.807) is 18.2 Å². The van der Waals surface area contributed by atoms with E-state index in [1.807, 2.05) is 0 Å². The quantitative estimate of drug-likeness (QED) is 0.863. The van der Waals surface area contributed by atoms with Gasteiger partial charge in [0.25, 0.3) is 11.6 Å². The number of amides is 1. The molecule has 0 unspecified atom stereocenters. The van der Waals surface area contributed by atoms with Gasteiger partial charge in [-0.2, -0.15) is 23.3 Å².